The molecule has 4 nitrogen and oxygen atoms in total. The molecule has 2 aliphatic rings. The molecule has 0 radical (unpaired) electrons. The summed E-state index contributed by atoms with van der Waals surface area (Å²) in [5.41, 5.74) is 4.54. The van der Waals surface area contributed by atoms with Gasteiger partial charge in [-0.3, -0.25) is 9.59 Å². The molecule has 0 aromatic carbocycles. The van der Waals surface area contributed by atoms with Crippen LogP contribution in [-0.4, -0.2) is 17.0 Å². The Bertz CT molecular complexity index is 263. The fraction of sp³-hybridized carbons (Fsp3) is 0.750. The Morgan fingerprint density at radius 2 is 2.17 bits per heavy atom. The highest BCUT2D eigenvalue weighted by molar-refractivity contribution is 5.93. The van der Waals surface area contributed by atoms with Crippen molar-refractivity contribution in [1.29, 1.82) is 0 Å². The van der Waals surface area contributed by atoms with E-state index < -0.39 is 23.2 Å². The molecular weight excluding hydrogens is 158 g/mol. The van der Waals surface area contributed by atoms with Crippen LogP contribution in [0.4, 0.5) is 0 Å². The number of carbonyl (C=O) groups is 2. The fourth-order valence-corrected chi connectivity index (χ4v) is 2.75. The number of carbonyl (C=O) groups excluding carboxylic acids is 1. The molecule has 2 fully saturated rings. The van der Waals surface area contributed by atoms with E-state index >= 15 is 0 Å². The van der Waals surface area contributed by atoms with E-state index in [1.165, 1.54) is 0 Å². The molecule has 3 atom stereocenters. The van der Waals surface area contributed by atoms with Gasteiger partial charge in [-0.15, -0.1) is 0 Å². The molecule has 2 saturated carbocycles. The van der Waals surface area contributed by atoms with Crippen molar-refractivity contribution in [2.45, 2.75) is 19.3 Å². The van der Waals surface area contributed by atoms with Gasteiger partial charge in [-0.25, -0.2) is 0 Å². The summed E-state index contributed by atoms with van der Waals surface area (Å²) in [7, 11) is 0. The van der Waals surface area contributed by atoms with Crippen molar-refractivity contribution < 1.29 is 14.7 Å². The van der Waals surface area contributed by atoms with Crippen molar-refractivity contribution in [3.63, 3.8) is 0 Å². The lowest BCUT2D eigenvalue weighted by atomic mass is 9.99. The molecular formula is C8H11NO3. The average Bonchev–Trinajstić information content (AvgIpc) is 2.44. The smallest absolute Gasteiger partial charge is 0.307 e. The van der Waals surface area contributed by atoms with Crippen molar-refractivity contribution in [2.24, 2.45) is 23.0 Å². The molecule has 0 saturated heterocycles. The predicted octanol–water partition coefficient (Wildman–Crippen LogP) is -0.0274. The molecule has 0 spiro atoms. The zero-order valence-corrected chi connectivity index (χ0v) is 6.62. The number of aliphatic carboxylic acids is 1. The second-order valence-electron chi connectivity index (χ2n) is 3.72. The highest BCUT2D eigenvalue weighted by Gasteiger charge is 2.73. The van der Waals surface area contributed by atoms with Crippen molar-refractivity contribution in [3.8, 4) is 0 Å². The minimum Gasteiger partial charge on any atom is -0.481 e. The number of carboxylic acid groups (broad SMARTS) is 1. The SMILES string of the molecule is NC(=O)C12CCCC1C2C(=O)O. The molecule has 2 aliphatic carbocycles. The molecule has 2 rings (SSSR count). The van der Waals surface area contributed by atoms with E-state index in [4.69, 9.17) is 10.8 Å². The van der Waals surface area contributed by atoms with E-state index in [2.05, 4.69) is 0 Å². The first-order chi connectivity index (χ1) is 5.60. The predicted molar refractivity (Wildman–Crippen MR) is 40.1 cm³/mol. The number of amides is 1. The molecule has 3 unspecified atom stereocenters. The maximum Gasteiger partial charge on any atom is 0.307 e. The highest BCUT2D eigenvalue weighted by atomic mass is 16.4. The Kier molecular flexibility index (Phi) is 1.26. The average molecular weight is 169 g/mol. The first kappa shape index (κ1) is 7.58. The van der Waals surface area contributed by atoms with Gasteiger partial charge in [-0.2, -0.15) is 0 Å². The van der Waals surface area contributed by atoms with Crippen LogP contribution in [0.1, 0.15) is 19.3 Å². The first-order valence-corrected chi connectivity index (χ1v) is 4.13. The van der Waals surface area contributed by atoms with Crippen molar-refractivity contribution in [1.82, 2.24) is 0 Å². The van der Waals surface area contributed by atoms with Gasteiger partial charge in [0.25, 0.3) is 0 Å². The van der Waals surface area contributed by atoms with Crippen LogP contribution in [0.3, 0.4) is 0 Å². The van der Waals surface area contributed by atoms with E-state index in [0.29, 0.717) is 6.42 Å². The van der Waals surface area contributed by atoms with Crippen molar-refractivity contribution in [3.05, 3.63) is 0 Å². The molecule has 4 heteroatoms. The van der Waals surface area contributed by atoms with E-state index in [1.807, 2.05) is 0 Å². The number of hydrogen-bond donors (Lipinski definition) is 2. The van der Waals surface area contributed by atoms with Crippen LogP contribution in [0.5, 0.6) is 0 Å². The Morgan fingerprint density at radius 3 is 2.50 bits per heavy atom. The van der Waals surface area contributed by atoms with Gasteiger partial charge in [0.05, 0.1) is 11.3 Å². The van der Waals surface area contributed by atoms with Crippen LogP contribution in [0, 0.1) is 17.3 Å². The van der Waals surface area contributed by atoms with E-state index in [0.717, 1.165) is 12.8 Å². The Labute approximate surface area is 69.7 Å². The van der Waals surface area contributed by atoms with Gasteiger partial charge in [0.15, 0.2) is 0 Å². The number of rotatable bonds is 2. The number of carboxylic acids is 1. The lowest BCUT2D eigenvalue weighted by molar-refractivity contribution is -0.141. The summed E-state index contributed by atoms with van der Waals surface area (Å²) < 4.78 is 0. The van der Waals surface area contributed by atoms with Crippen molar-refractivity contribution >= 4 is 11.9 Å². The van der Waals surface area contributed by atoms with Gasteiger partial charge in [-0.1, -0.05) is 6.42 Å². The zero-order chi connectivity index (χ0) is 8.93. The first-order valence-electron chi connectivity index (χ1n) is 4.13. The van der Waals surface area contributed by atoms with E-state index in [-0.39, 0.29) is 5.92 Å². The number of fused-ring (bicyclic) bond motifs is 1. The van der Waals surface area contributed by atoms with Gasteiger partial charge in [0.1, 0.15) is 0 Å². The molecule has 12 heavy (non-hydrogen) atoms. The number of nitrogens with two attached hydrogens (primary N) is 1. The second-order valence-corrected chi connectivity index (χ2v) is 3.72. The normalized spacial score (nSPS) is 43.7. The zero-order valence-electron chi connectivity index (χ0n) is 6.62. The van der Waals surface area contributed by atoms with Crippen LogP contribution in [-0.2, 0) is 9.59 Å². The third-order valence-corrected chi connectivity index (χ3v) is 3.34. The maximum absolute atomic E-state index is 11.0. The topological polar surface area (TPSA) is 80.4 Å². The van der Waals surface area contributed by atoms with Gasteiger partial charge in [0.2, 0.25) is 5.91 Å². The summed E-state index contributed by atoms with van der Waals surface area (Å²) in [6.07, 6.45) is 2.46. The molecule has 0 heterocycles. The van der Waals surface area contributed by atoms with E-state index in [9.17, 15) is 9.59 Å². The minimum absolute atomic E-state index is 0.0347. The van der Waals surface area contributed by atoms with Gasteiger partial charge >= 0.3 is 5.97 Å². The molecule has 66 valence electrons. The van der Waals surface area contributed by atoms with Crippen LogP contribution in [0.25, 0.3) is 0 Å². The van der Waals surface area contributed by atoms with Gasteiger partial charge in [-0.05, 0) is 18.8 Å². The molecule has 3 N–H and O–H groups in total. The molecule has 0 aromatic rings. The standard InChI is InChI=1S/C8H11NO3/c9-7(12)8-3-1-2-4(8)5(8)6(10)11/h4-5H,1-3H2,(H2,9,12)(H,10,11). The largest absolute Gasteiger partial charge is 0.481 e. The van der Waals surface area contributed by atoms with Crippen LogP contribution < -0.4 is 5.73 Å². The summed E-state index contributed by atoms with van der Waals surface area (Å²) in [6, 6.07) is 0. The molecule has 0 aromatic heterocycles. The molecule has 1 amide bonds. The molecule has 0 aliphatic heterocycles. The quantitative estimate of drug-likeness (QED) is 0.609. The van der Waals surface area contributed by atoms with E-state index in [1.54, 1.807) is 0 Å². The number of hydrogen-bond acceptors (Lipinski definition) is 2. The number of primary amides is 1. The highest BCUT2D eigenvalue weighted by Crippen LogP contribution is 2.68. The summed E-state index contributed by atoms with van der Waals surface area (Å²) in [6.45, 7) is 0. The van der Waals surface area contributed by atoms with Crippen LogP contribution >= 0.6 is 0 Å². The summed E-state index contributed by atoms with van der Waals surface area (Å²) in [5, 5.41) is 8.77. The van der Waals surface area contributed by atoms with Gasteiger partial charge in [0, 0.05) is 0 Å². The Hall–Kier alpha value is -1.06. The lowest BCUT2D eigenvalue weighted by Gasteiger charge is -2.06. The summed E-state index contributed by atoms with van der Waals surface area (Å²) in [4.78, 5) is 21.7. The third-order valence-electron chi connectivity index (χ3n) is 3.34. The Balaban J connectivity index is 2.26. The maximum atomic E-state index is 11.0. The van der Waals surface area contributed by atoms with Gasteiger partial charge < -0.3 is 10.8 Å². The monoisotopic (exact) mass is 169 g/mol. The minimum atomic E-state index is -0.862. The second kappa shape index (κ2) is 2.00. The van der Waals surface area contributed by atoms with Crippen LogP contribution in [0.15, 0.2) is 0 Å². The summed E-state index contributed by atoms with van der Waals surface area (Å²) >= 11 is 0. The fourth-order valence-electron chi connectivity index (χ4n) is 2.75. The lowest BCUT2D eigenvalue weighted by Crippen LogP contribution is -2.27. The molecule has 0 bridgehead atoms. The Morgan fingerprint density at radius 1 is 1.50 bits per heavy atom. The third kappa shape index (κ3) is 0.629. The summed E-state index contributed by atoms with van der Waals surface area (Å²) in [5.74, 6) is -1.73. The van der Waals surface area contributed by atoms with Crippen LogP contribution in [0.2, 0.25) is 0 Å². The van der Waals surface area contributed by atoms with Crippen molar-refractivity contribution in [2.75, 3.05) is 0 Å².